The molecule has 0 saturated carbocycles. The van der Waals surface area contributed by atoms with Crippen molar-refractivity contribution in [3.05, 3.63) is 66.9 Å². The van der Waals surface area contributed by atoms with E-state index in [1.165, 1.54) is 71.6 Å². The average Bonchev–Trinajstić information content (AvgIpc) is 3.71. The molecule has 0 amide bonds. The molecule has 0 spiro atoms. The topological polar surface area (TPSA) is 182 Å². The number of nitrogens with zero attached hydrogens (tertiary/aromatic N) is 3. The normalized spacial score (nSPS) is 13.3. The lowest BCUT2D eigenvalue weighted by Crippen LogP contribution is -2.25. The molecule has 0 aliphatic rings. The van der Waals surface area contributed by atoms with Gasteiger partial charge in [-0.1, -0.05) is 147 Å². The van der Waals surface area contributed by atoms with Crippen LogP contribution in [0.2, 0.25) is 0 Å². The molecule has 7 N–H and O–H groups in total. The third-order valence-corrected chi connectivity index (χ3v) is 10.4. The Bertz CT molecular complexity index is 1700. The molecule has 0 radical (unpaired) electrons. The van der Waals surface area contributed by atoms with Crippen LogP contribution < -0.4 is 21.5 Å². The molecule has 3 atom stereocenters. The lowest BCUT2D eigenvalue weighted by atomic mass is 9.80. The van der Waals surface area contributed by atoms with Gasteiger partial charge in [-0.3, -0.25) is 10.8 Å². The van der Waals surface area contributed by atoms with Crippen LogP contribution in [0.5, 0.6) is 5.75 Å². The number of hydrogen-bond acceptors (Lipinski definition) is 9. The number of allylic oxidation sites excluding steroid dienone is 2. The first kappa shape index (κ1) is 53.3. The Hall–Kier alpha value is -4.67. The number of fused-ring (bicyclic) bond motifs is 1. The molecule has 0 saturated heterocycles. The van der Waals surface area contributed by atoms with E-state index in [0.29, 0.717) is 24.2 Å². The van der Waals surface area contributed by atoms with Crippen molar-refractivity contribution >= 4 is 28.2 Å². The molecule has 2 aromatic carbocycles. The predicted molar refractivity (Wildman–Crippen MR) is 255 cm³/mol. The van der Waals surface area contributed by atoms with Gasteiger partial charge < -0.3 is 30.9 Å². The summed E-state index contributed by atoms with van der Waals surface area (Å²) in [6.07, 6.45) is 23.2. The number of nitrogens with two attached hydrogens (primary N) is 2. The minimum atomic E-state index is -0.242. The largest absolute Gasteiger partial charge is 0.494 e. The van der Waals surface area contributed by atoms with Crippen molar-refractivity contribution in [3.8, 4) is 17.1 Å². The second kappa shape index (κ2) is 31.2. The van der Waals surface area contributed by atoms with Crippen molar-refractivity contribution in [1.29, 1.82) is 10.8 Å². The summed E-state index contributed by atoms with van der Waals surface area (Å²) in [4.78, 5) is 10.6. The van der Waals surface area contributed by atoms with Gasteiger partial charge >= 0.3 is 0 Å². The van der Waals surface area contributed by atoms with Crippen LogP contribution in [0.1, 0.15) is 177 Å². The van der Waals surface area contributed by atoms with Gasteiger partial charge in [0.1, 0.15) is 11.5 Å². The van der Waals surface area contributed by atoms with Crippen LogP contribution in [-0.2, 0) is 4.84 Å². The van der Waals surface area contributed by atoms with E-state index in [0.717, 1.165) is 85.0 Å². The number of nitrogens with one attached hydrogen (secondary N) is 3. The van der Waals surface area contributed by atoms with Gasteiger partial charge in [-0.25, -0.2) is 0 Å². The minimum absolute atomic E-state index is 0.167. The molecule has 60 heavy (non-hydrogen) atoms. The summed E-state index contributed by atoms with van der Waals surface area (Å²) in [6.45, 7) is 24.2. The summed E-state index contributed by atoms with van der Waals surface area (Å²) in [5.41, 5.74) is 11.1. The van der Waals surface area contributed by atoms with Gasteiger partial charge in [0.25, 0.3) is 0 Å². The fourth-order valence-corrected chi connectivity index (χ4v) is 6.31. The zero-order chi connectivity index (χ0) is 44.8. The van der Waals surface area contributed by atoms with Gasteiger partial charge in [-0.2, -0.15) is 4.98 Å². The first-order valence-corrected chi connectivity index (χ1v) is 22.6. The summed E-state index contributed by atoms with van der Waals surface area (Å²) in [7, 11) is 0. The summed E-state index contributed by atoms with van der Waals surface area (Å²) < 4.78 is 11.8. The molecule has 1 heterocycles. The van der Waals surface area contributed by atoms with E-state index in [4.69, 9.17) is 41.4 Å². The van der Waals surface area contributed by atoms with Gasteiger partial charge in [0.15, 0.2) is 0 Å². The van der Waals surface area contributed by atoms with Crippen molar-refractivity contribution in [1.82, 2.24) is 15.5 Å². The summed E-state index contributed by atoms with van der Waals surface area (Å²) in [5.74, 6) is 3.88. The van der Waals surface area contributed by atoms with Crippen molar-refractivity contribution < 1.29 is 14.1 Å². The van der Waals surface area contributed by atoms with Crippen molar-refractivity contribution in [2.75, 3.05) is 13.2 Å². The summed E-state index contributed by atoms with van der Waals surface area (Å²) >= 11 is 0. The molecule has 0 fully saturated rings. The fraction of sp³-hybridized carbons (Fsp3) is 0.612. The molecular weight excluding hydrogens is 749 g/mol. The zero-order valence-corrected chi connectivity index (χ0v) is 38.9. The maximum atomic E-state index is 6.28. The molecule has 0 bridgehead atoms. The Balaban J connectivity index is 0.00000206. The molecule has 336 valence electrons. The molecule has 3 aromatic rings. The third kappa shape index (κ3) is 23.2. The van der Waals surface area contributed by atoms with Gasteiger partial charge in [-0.15, -0.1) is 0 Å². The van der Waals surface area contributed by atoms with Crippen LogP contribution in [0.3, 0.4) is 0 Å². The molecule has 0 aliphatic heterocycles. The molecule has 1 aromatic heterocycles. The fourth-order valence-electron chi connectivity index (χ4n) is 6.31. The van der Waals surface area contributed by atoms with E-state index >= 15 is 0 Å². The van der Waals surface area contributed by atoms with E-state index in [-0.39, 0.29) is 23.0 Å². The highest BCUT2D eigenvalue weighted by Gasteiger charge is 2.26. The number of hydrogen-bond donors (Lipinski definition) is 5. The Morgan fingerprint density at radius 3 is 2.12 bits per heavy atom. The Morgan fingerprint density at radius 2 is 1.45 bits per heavy atom. The van der Waals surface area contributed by atoms with Crippen LogP contribution in [0.4, 0.5) is 0 Å². The Kier molecular flexibility index (Phi) is 27.8. The lowest BCUT2D eigenvalue weighted by Gasteiger charge is -2.26. The monoisotopic (exact) mass is 831 g/mol. The number of aromatic nitrogens is 2. The van der Waals surface area contributed by atoms with Crippen molar-refractivity contribution in [3.63, 3.8) is 0 Å². The number of amidine groups is 2. The number of oxime groups is 1. The molecule has 3 rings (SSSR count). The highest BCUT2D eigenvalue weighted by Crippen LogP contribution is 2.31. The van der Waals surface area contributed by atoms with Gasteiger partial charge in [0, 0.05) is 29.4 Å². The minimum Gasteiger partial charge on any atom is -0.494 e. The SMILES string of the molecule is C=C(O/N=C(\C)C(C)(/C=C\NCCCCCCCCC)CCCCOc1ccc2cc(-c3noc([C@@H](C)CCCC)n3)ccc2c1)[C@@H](C)CCCC.CC(=N)N.CC(=N)N. The van der Waals surface area contributed by atoms with Crippen LogP contribution in [0.25, 0.3) is 22.2 Å². The van der Waals surface area contributed by atoms with Gasteiger partial charge in [0.05, 0.1) is 24.0 Å². The predicted octanol–water partition coefficient (Wildman–Crippen LogP) is 13.2. The standard InChI is InChI=1S/C45H70N4O3.2C2H6N2/c1-9-12-15-16-17-18-20-30-46-31-29-45(8,38(7)48-51-37(6)35(4)22-13-10-2)28-19-21-32-50-42-27-26-39-33-41(25-24-40(39)34-42)43-47-44(52-49-43)36(5)23-14-11-3;2*1-2(3)4/h24-27,29,31,33-36,46H,6,9-23,28,30,32H2,1-5,7-8H3;2*1H3,(H3,3,4)/b31-29-,48-38+;;/t35-,36-,45?;;/m0../s1. The second-order valence-corrected chi connectivity index (χ2v) is 16.5. The average molecular weight is 831 g/mol. The van der Waals surface area contributed by atoms with Crippen LogP contribution >= 0.6 is 0 Å². The first-order chi connectivity index (χ1) is 28.7. The maximum Gasteiger partial charge on any atom is 0.229 e. The third-order valence-electron chi connectivity index (χ3n) is 10.4. The lowest BCUT2D eigenvalue weighted by molar-refractivity contribution is 0.186. The number of ether oxygens (including phenoxy) is 1. The maximum absolute atomic E-state index is 6.28. The molecule has 11 heteroatoms. The van der Waals surface area contributed by atoms with Crippen LogP contribution in [0.15, 0.2) is 70.7 Å². The number of rotatable bonds is 28. The van der Waals surface area contributed by atoms with E-state index in [1.807, 2.05) is 6.07 Å². The molecule has 1 unspecified atom stereocenters. The summed E-state index contributed by atoms with van der Waals surface area (Å²) in [5, 5.41) is 27.2. The van der Waals surface area contributed by atoms with Gasteiger partial charge in [0.2, 0.25) is 11.7 Å². The first-order valence-electron chi connectivity index (χ1n) is 22.6. The van der Waals surface area contributed by atoms with Crippen LogP contribution in [-0.4, -0.2) is 40.7 Å². The Labute approximate surface area is 363 Å². The van der Waals surface area contributed by atoms with E-state index in [9.17, 15) is 0 Å². The van der Waals surface area contributed by atoms with E-state index in [1.54, 1.807) is 0 Å². The Morgan fingerprint density at radius 1 is 0.850 bits per heavy atom. The van der Waals surface area contributed by atoms with E-state index < -0.39 is 0 Å². The van der Waals surface area contributed by atoms with E-state index in [2.05, 4.69) is 113 Å². The molecule has 11 nitrogen and oxygen atoms in total. The quantitative estimate of drug-likeness (QED) is 0.0157. The van der Waals surface area contributed by atoms with Crippen molar-refractivity contribution in [2.24, 2.45) is 28.0 Å². The zero-order valence-electron chi connectivity index (χ0n) is 38.9. The van der Waals surface area contributed by atoms with Crippen LogP contribution in [0, 0.1) is 22.2 Å². The highest BCUT2D eigenvalue weighted by molar-refractivity contribution is 5.89. The number of unbranched alkanes of at least 4 members (excludes halogenated alkanes) is 9. The smallest absolute Gasteiger partial charge is 0.229 e. The number of benzene rings is 2. The summed E-state index contributed by atoms with van der Waals surface area (Å²) in [6, 6.07) is 12.6. The highest BCUT2D eigenvalue weighted by atomic mass is 16.6. The van der Waals surface area contributed by atoms with Crippen molar-refractivity contribution in [2.45, 2.75) is 171 Å². The van der Waals surface area contributed by atoms with Gasteiger partial charge in [-0.05, 0) is 94.5 Å². The second-order valence-electron chi connectivity index (χ2n) is 16.5. The molecule has 0 aliphatic carbocycles. The molecular formula is C49H82N8O3.